The molecule has 3 rings (SSSR count). The number of nitrogens with two attached hydrogens (primary N) is 1. The first-order chi connectivity index (χ1) is 12.1. The average Bonchev–Trinajstić information content (AvgIpc) is 3.05. The lowest BCUT2D eigenvalue weighted by Gasteiger charge is -2.08. The maximum Gasteiger partial charge on any atom is 0.193 e. The Kier molecular flexibility index (Phi) is 5.14. The molecular formula is C20H23N5. The van der Waals surface area contributed by atoms with Gasteiger partial charge >= 0.3 is 0 Å². The molecule has 128 valence electrons. The Morgan fingerprint density at radius 1 is 1.12 bits per heavy atom. The molecule has 0 unspecified atom stereocenters. The Balaban J connectivity index is 1.64. The van der Waals surface area contributed by atoms with Crippen molar-refractivity contribution in [1.82, 2.24) is 9.55 Å². The highest BCUT2D eigenvalue weighted by Gasteiger charge is 2.00. The van der Waals surface area contributed by atoms with E-state index in [9.17, 15) is 0 Å². The third-order valence-electron chi connectivity index (χ3n) is 3.84. The molecule has 0 atom stereocenters. The fraction of sp³-hybridized carbons (Fsp3) is 0.200. The summed E-state index contributed by atoms with van der Waals surface area (Å²) in [4.78, 5) is 8.52. The molecule has 3 N–H and O–H groups in total. The summed E-state index contributed by atoms with van der Waals surface area (Å²) in [6.45, 7) is 5.48. The fourth-order valence-corrected chi connectivity index (χ4v) is 2.83. The van der Waals surface area contributed by atoms with Gasteiger partial charge in [-0.25, -0.2) is 9.98 Å². The number of aryl methyl sites for hydroxylation is 2. The summed E-state index contributed by atoms with van der Waals surface area (Å²) in [6.07, 6.45) is 5.56. The van der Waals surface area contributed by atoms with Crippen molar-refractivity contribution in [1.29, 1.82) is 0 Å². The van der Waals surface area contributed by atoms with Crippen LogP contribution in [0.5, 0.6) is 0 Å². The zero-order chi connectivity index (χ0) is 17.6. The van der Waals surface area contributed by atoms with Crippen molar-refractivity contribution >= 4 is 11.6 Å². The molecule has 0 amide bonds. The van der Waals surface area contributed by atoms with E-state index in [0.29, 0.717) is 12.5 Å². The second kappa shape index (κ2) is 7.66. The van der Waals surface area contributed by atoms with Crippen LogP contribution in [-0.4, -0.2) is 15.5 Å². The molecule has 5 nitrogen and oxygen atoms in total. The van der Waals surface area contributed by atoms with Crippen LogP contribution in [0.3, 0.4) is 0 Å². The first-order valence-corrected chi connectivity index (χ1v) is 8.27. The van der Waals surface area contributed by atoms with Crippen molar-refractivity contribution in [2.75, 3.05) is 5.32 Å². The minimum absolute atomic E-state index is 0.421. The molecule has 0 radical (unpaired) electrons. The monoisotopic (exact) mass is 333 g/mol. The third kappa shape index (κ3) is 4.94. The summed E-state index contributed by atoms with van der Waals surface area (Å²) in [7, 11) is 0. The van der Waals surface area contributed by atoms with E-state index < -0.39 is 0 Å². The molecule has 25 heavy (non-hydrogen) atoms. The van der Waals surface area contributed by atoms with Gasteiger partial charge in [0.1, 0.15) is 0 Å². The number of aliphatic imine (C=N–C) groups is 1. The Morgan fingerprint density at radius 2 is 1.88 bits per heavy atom. The number of anilines is 1. The SMILES string of the molecule is Cc1cc(C)cc(NC(N)=NCc2cccc(Cn3ccnc3)c2)c1. The number of benzene rings is 2. The lowest BCUT2D eigenvalue weighted by atomic mass is 10.1. The highest BCUT2D eigenvalue weighted by Crippen LogP contribution is 2.13. The standard InChI is InChI=1S/C20H23N5/c1-15-8-16(2)10-19(9-15)24-20(21)23-12-17-4-3-5-18(11-17)13-25-7-6-22-14-25/h3-11,14H,12-13H2,1-2H3,(H3,21,23,24). The van der Waals surface area contributed by atoms with Gasteiger partial charge in [0.2, 0.25) is 0 Å². The summed E-state index contributed by atoms with van der Waals surface area (Å²) < 4.78 is 2.04. The maximum atomic E-state index is 6.03. The number of nitrogens with one attached hydrogen (secondary N) is 1. The zero-order valence-corrected chi connectivity index (χ0v) is 14.6. The van der Waals surface area contributed by atoms with E-state index in [2.05, 4.69) is 65.5 Å². The van der Waals surface area contributed by atoms with Gasteiger partial charge in [-0.05, 0) is 48.2 Å². The fourth-order valence-electron chi connectivity index (χ4n) is 2.83. The van der Waals surface area contributed by atoms with Gasteiger partial charge in [0, 0.05) is 24.6 Å². The molecular weight excluding hydrogens is 310 g/mol. The third-order valence-corrected chi connectivity index (χ3v) is 3.84. The first kappa shape index (κ1) is 16.8. The molecule has 0 spiro atoms. The van der Waals surface area contributed by atoms with Gasteiger partial charge in [-0.2, -0.15) is 0 Å². The van der Waals surface area contributed by atoms with Crippen LogP contribution in [0, 0.1) is 13.8 Å². The number of rotatable bonds is 5. The van der Waals surface area contributed by atoms with Gasteiger partial charge in [-0.1, -0.05) is 30.3 Å². The number of hydrogen-bond donors (Lipinski definition) is 2. The normalized spacial score (nSPS) is 11.5. The van der Waals surface area contributed by atoms with E-state index in [1.54, 1.807) is 6.20 Å². The maximum absolute atomic E-state index is 6.03. The number of nitrogens with zero attached hydrogens (tertiary/aromatic N) is 3. The molecule has 2 aromatic carbocycles. The van der Waals surface area contributed by atoms with Gasteiger partial charge in [0.15, 0.2) is 5.96 Å². The quantitative estimate of drug-likeness (QED) is 0.555. The zero-order valence-electron chi connectivity index (χ0n) is 14.6. The predicted octanol–water partition coefficient (Wildman–Crippen LogP) is 3.48. The van der Waals surface area contributed by atoms with Crippen LogP contribution in [-0.2, 0) is 13.1 Å². The smallest absolute Gasteiger partial charge is 0.193 e. The van der Waals surface area contributed by atoms with Crippen LogP contribution in [0.25, 0.3) is 0 Å². The lowest BCUT2D eigenvalue weighted by molar-refractivity contribution is 0.795. The van der Waals surface area contributed by atoms with Crippen molar-refractivity contribution in [3.8, 4) is 0 Å². The van der Waals surface area contributed by atoms with Gasteiger partial charge in [0.05, 0.1) is 12.9 Å². The molecule has 0 saturated carbocycles. The molecule has 0 aliphatic carbocycles. The Bertz CT molecular complexity index is 845. The van der Waals surface area contributed by atoms with E-state index in [1.807, 2.05) is 23.2 Å². The summed E-state index contributed by atoms with van der Waals surface area (Å²) in [5.74, 6) is 0.421. The van der Waals surface area contributed by atoms with E-state index >= 15 is 0 Å². The van der Waals surface area contributed by atoms with Crippen molar-refractivity contribution in [2.24, 2.45) is 10.7 Å². The van der Waals surface area contributed by atoms with Crippen LogP contribution in [0.1, 0.15) is 22.3 Å². The predicted molar refractivity (Wildman–Crippen MR) is 103 cm³/mol. The Morgan fingerprint density at radius 3 is 2.60 bits per heavy atom. The summed E-state index contributed by atoms with van der Waals surface area (Å²) in [5, 5.41) is 3.16. The molecule has 1 heterocycles. The molecule has 0 aliphatic rings. The molecule has 5 heteroatoms. The van der Waals surface area contributed by atoms with Gasteiger partial charge in [-0.15, -0.1) is 0 Å². The second-order valence-corrected chi connectivity index (χ2v) is 6.26. The van der Waals surface area contributed by atoms with Gasteiger partial charge in [-0.3, -0.25) is 0 Å². The average molecular weight is 333 g/mol. The molecule has 0 aliphatic heterocycles. The summed E-state index contributed by atoms with van der Waals surface area (Å²) in [6, 6.07) is 14.6. The Labute approximate surface area is 148 Å². The van der Waals surface area contributed by atoms with Crippen LogP contribution in [0.4, 0.5) is 5.69 Å². The van der Waals surface area contributed by atoms with Crippen LogP contribution >= 0.6 is 0 Å². The largest absolute Gasteiger partial charge is 0.370 e. The van der Waals surface area contributed by atoms with Gasteiger partial charge < -0.3 is 15.6 Å². The number of hydrogen-bond acceptors (Lipinski definition) is 2. The highest BCUT2D eigenvalue weighted by molar-refractivity contribution is 5.92. The molecule has 1 aromatic heterocycles. The molecule has 3 aromatic rings. The second-order valence-electron chi connectivity index (χ2n) is 6.26. The number of aromatic nitrogens is 2. The summed E-state index contributed by atoms with van der Waals surface area (Å²) in [5.41, 5.74) is 11.7. The Hall–Kier alpha value is -3.08. The van der Waals surface area contributed by atoms with E-state index in [1.165, 1.54) is 16.7 Å². The van der Waals surface area contributed by atoms with E-state index in [-0.39, 0.29) is 0 Å². The highest BCUT2D eigenvalue weighted by atomic mass is 15.1. The van der Waals surface area contributed by atoms with E-state index in [4.69, 9.17) is 5.73 Å². The topological polar surface area (TPSA) is 68.2 Å². The summed E-state index contributed by atoms with van der Waals surface area (Å²) >= 11 is 0. The molecule has 0 bridgehead atoms. The number of imidazole rings is 1. The molecule has 0 saturated heterocycles. The van der Waals surface area contributed by atoms with Crippen molar-refractivity contribution in [3.63, 3.8) is 0 Å². The van der Waals surface area contributed by atoms with Crippen LogP contribution < -0.4 is 11.1 Å². The molecule has 0 fully saturated rings. The minimum Gasteiger partial charge on any atom is -0.370 e. The first-order valence-electron chi connectivity index (χ1n) is 8.27. The van der Waals surface area contributed by atoms with E-state index in [0.717, 1.165) is 17.8 Å². The van der Waals surface area contributed by atoms with Crippen molar-refractivity contribution < 1.29 is 0 Å². The van der Waals surface area contributed by atoms with Crippen LogP contribution in [0.2, 0.25) is 0 Å². The van der Waals surface area contributed by atoms with Crippen LogP contribution in [0.15, 0.2) is 66.2 Å². The van der Waals surface area contributed by atoms with Gasteiger partial charge in [0.25, 0.3) is 0 Å². The minimum atomic E-state index is 0.421. The number of guanidine groups is 1. The van der Waals surface area contributed by atoms with Crippen molar-refractivity contribution in [2.45, 2.75) is 26.9 Å². The lowest BCUT2D eigenvalue weighted by Crippen LogP contribution is -2.22. The van der Waals surface area contributed by atoms with Crippen molar-refractivity contribution in [3.05, 3.63) is 83.4 Å².